The summed E-state index contributed by atoms with van der Waals surface area (Å²) in [5.74, 6) is 1.47. The summed E-state index contributed by atoms with van der Waals surface area (Å²) in [4.78, 5) is 4.63. The summed E-state index contributed by atoms with van der Waals surface area (Å²) in [6, 6.07) is 141. The maximum atomic E-state index is 15.5. The first-order chi connectivity index (χ1) is 62.4. The van der Waals surface area contributed by atoms with Gasteiger partial charge in [-0.25, -0.2) is 17.6 Å². The topological polar surface area (TPSA) is 38.1 Å². The molecule has 0 fully saturated rings. The zero-order chi connectivity index (χ0) is 85.4. The Balaban J connectivity index is 0.699. The van der Waals surface area contributed by atoms with E-state index in [2.05, 4.69) is 253 Å². The first-order valence-electron chi connectivity index (χ1n) is 42.3. The molecule has 0 aliphatic heterocycles. The van der Waals surface area contributed by atoms with Gasteiger partial charge in [0.2, 0.25) is 0 Å². The Morgan fingerprint density at radius 1 is 0.236 bits per heavy atom. The normalized spacial score (nSPS) is 14.1. The summed E-state index contributed by atoms with van der Waals surface area (Å²) < 4.78 is 79.6. The van der Waals surface area contributed by atoms with Crippen molar-refractivity contribution in [2.45, 2.75) is 10.8 Å². The van der Waals surface area contributed by atoms with Crippen LogP contribution in [0.15, 0.2) is 442 Å². The second-order valence-electron chi connectivity index (χ2n) is 32.5. The van der Waals surface area contributed by atoms with Crippen LogP contribution >= 0.6 is 0 Å². The van der Waals surface area contributed by atoms with E-state index in [9.17, 15) is 8.78 Å². The van der Waals surface area contributed by atoms with Crippen molar-refractivity contribution < 1.29 is 31.5 Å². The average molecular weight is 1650 g/mol. The number of halogens is 4. The van der Waals surface area contributed by atoms with Gasteiger partial charge in [-0.15, -0.1) is 0 Å². The number of benzene rings is 19. The predicted molar refractivity (Wildman–Crippen MR) is 510 cm³/mol. The molecule has 0 saturated carbocycles. The van der Waals surface area contributed by atoms with Crippen LogP contribution < -0.4 is 19.3 Å². The highest BCUT2D eigenvalue weighted by atomic mass is 19.1. The molecule has 5 nitrogen and oxygen atoms in total. The van der Waals surface area contributed by atoms with Gasteiger partial charge in [-0.05, 0) is 333 Å². The zero-order valence-corrected chi connectivity index (χ0v) is 68.6. The van der Waals surface area contributed by atoms with E-state index in [1.807, 2.05) is 158 Å². The van der Waals surface area contributed by atoms with Crippen molar-refractivity contribution in [2.24, 2.45) is 0 Å². The first-order valence-corrected chi connectivity index (χ1v) is 42.3. The Hall–Kier alpha value is -16.4. The lowest BCUT2D eigenvalue weighted by Gasteiger charge is -2.35. The molecule has 0 spiro atoms. The number of ether oxygens (including phenoxy) is 2. The molecule has 0 radical (unpaired) electrons. The van der Waals surface area contributed by atoms with Crippen LogP contribution in [0.25, 0.3) is 112 Å². The fourth-order valence-electron chi connectivity index (χ4n) is 19.3. The molecule has 0 saturated heterocycles. The Labute approximate surface area is 732 Å². The predicted octanol–water partition coefficient (Wildman–Crippen LogP) is 32.5. The van der Waals surface area contributed by atoms with Crippen LogP contribution in [0.1, 0.15) is 55.6 Å². The van der Waals surface area contributed by atoms with Crippen molar-refractivity contribution in [3.05, 3.63) is 517 Å². The molecule has 19 aromatic carbocycles. The Morgan fingerprint density at radius 2 is 0.559 bits per heavy atom. The van der Waals surface area contributed by atoms with Crippen molar-refractivity contribution in [1.29, 1.82) is 0 Å². The molecule has 0 amide bonds. The van der Waals surface area contributed by atoms with E-state index in [1.165, 1.54) is 24.3 Å². The molecule has 2 unspecified atom stereocenters. The number of furan rings is 1. The molecule has 1 aromatic heterocycles. The third-order valence-corrected chi connectivity index (χ3v) is 25.3. The lowest BCUT2D eigenvalue weighted by Crippen LogP contribution is -2.28. The third kappa shape index (κ3) is 13.6. The SMILES string of the molecule is C=Cc1ccc(Oc2ccc(C3(c4ccc(F)cc4)c4ccccc4-c4ccc(N(c5ccc(-c6cccc(-c7ccc(F)cc7)c6)cc5)c5ccc6cc7oc8ccc(N(c9ccc(-c%10cccc(-c%11ccc(F)cc%11)c%10)cc9)c9ccc%10c(c9)C(c9ccc(F)cc9)(c9ccc(Oc%11ccc(C=C)cc%11)cc9)c9ccccc9-%10)cc8c7cc6c5)cc43)cc2)cc1. The number of nitrogens with zero attached hydrogens (tertiary/aromatic N) is 2. The summed E-state index contributed by atoms with van der Waals surface area (Å²) in [5.41, 5.74) is 26.7. The molecule has 1 heterocycles. The highest BCUT2D eigenvalue weighted by Gasteiger charge is 2.48. The lowest BCUT2D eigenvalue weighted by atomic mass is 9.67. The maximum absolute atomic E-state index is 15.5. The van der Waals surface area contributed by atoms with Crippen molar-refractivity contribution in [3.63, 3.8) is 0 Å². The molecular formula is C118H76F4N2O3. The van der Waals surface area contributed by atoms with E-state index < -0.39 is 10.8 Å². The molecule has 20 aromatic rings. The van der Waals surface area contributed by atoms with Crippen LogP contribution in [0.4, 0.5) is 51.7 Å². The summed E-state index contributed by atoms with van der Waals surface area (Å²) in [6.45, 7) is 7.87. The summed E-state index contributed by atoms with van der Waals surface area (Å²) in [6.07, 6.45) is 3.61. The van der Waals surface area contributed by atoms with Gasteiger partial charge in [0.1, 0.15) is 57.4 Å². The second kappa shape index (κ2) is 31.5. The first kappa shape index (κ1) is 76.7. The number of fused-ring (bicyclic) bond motifs is 10. The molecule has 0 bridgehead atoms. The molecule has 9 heteroatoms. The molecule has 2 aliphatic carbocycles. The van der Waals surface area contributed by atoms with Gasteiger partial charge in [0.05, 0.1) is 10.8 Å². The van der Waals surface area contributed by atoms with Crippen LogP contribution in [-0.4, -0.2) is 0 Å². The Morgan fingerprint density at radius 3 is 0.969 bits per heavy atom. The van der Waals surface area contributed by atoms with Gasteiger partial charge in [-0.3, -0.25) is 0 Å². The summed E-state index contributed by atoms with van der Waals surface area (Å²) in [7, 11) is 0. The average Bonchev–Trinajstić information content (AvgIpc) is 1.55. The molecule has 0 N–H and O–H groups in total. The van der Waals surface area contributed by atoms with E-state index in [-0.39, 0.29) is 23.3 Å². The fourth-order valence-corrected chi connectivity index (χ4v) is 19.3. The second-order valence-corrected chi connectivity index (χ2v) is 32.5. The Kier molecular flexibility index (Phi) is 19.0. The largest absolute Gasteiger partial charge is 0.457 e. The van der Waals surface area contributed by atoms with Gasteiger partial charge < -0.3 is 23.7 Å². The third-order valence-electron chi connectivity index (χ3n) is 25.3. The monoisotopic (exact) mass is 1640 g/mol. The minimum absolute atomic E-state index is 0.289. The maximum Gasteiger partial charge on any atom is 0.136 e. The van der Waals surface area contributed by atoms with E-state index in [4.69, 9.17) is 13.9 Å². The van der Waals surface area contributed by atoms with Gasteiger partial charge in [0.15, 0.2) is 0 Å². The van der Waals surface area contributed by atoms with Crippen LogP contribution in [0.2, 0.25) is 0 Å². The van der Waals surface area contributed by atoms with Gasteiger partial charge in [0.25, 0.3) is 0 Å². The number of anilines is 6. The van der Waals surface area contributed by atoms with Crippen LogP contribution in [0, 0.1) is 23.3 Å². The summed E-state index contributed by atoms with van der Waals surface area (Å²) >= 11 is 0. The van der Waals surface area contributed by atoms with Crippen molar-refractivity contribution >= 4 is 79.0 Å². The van der Waals surface area contributed by atoms with Gasteiger partial charge >= 0.3 is 0 Å². The molecular weight excluding hydrogens is 1570 g/mol. The van der Waals surface area contributed by atoms with E-state index >= 15 is 8.78 Å². The highest BCUT2D eigenvalue weighted by Crippen LogP contribution is 2.60. The van der Waals surface area contributed by atoms with Crippen LogP contribution in [0.3, 0.4) is 0 Å². The minimum Gasteiger partial charge on any atom is -0.457 e. The quantitative estimate of drug-likeness (QED) is 0.0711. The van der Waals surface area contributed by atoms with Crippen molar-refractivity contribution in [2.75, 3.05) is 9.80 Å². The number of hydrogen-bond donors (Lipinski definition) is 0. The molecule has 127 heavy (non-hydrogen) atoms. The van der Waals surface area contributed by atoms with Gasteiger partial charge in [-0.2, -0.15) is 0 Å². The van der Waals surface area contributed by atoms with E-state index in [0.717, 1.165) is 184 Å². The van der Waals surface area contributed by atoms with Gasteiger partial charge in [-0.1, -0.05) is 250 Å². The minimum atomic E-state index is -0.946. The lowest BCUT2D eigenvalue weighted by molar-refractivity contribution is 0.482. The molecule has 2 atom stereocenters. The number of hydrogen-bond acceptors (Lipinski definition) is 5. The van der Waals surface area contributed by atoms with Crippen molar-refractivity contribution in [3.8, 4) is 89.8 Å². The Bertz CT molecular complexity index is 7660. The smallest absolute Gasteiger partial charge is 0.136 e. The zero-order valence-electron chi connectivity index (χ0n) is 68.6. The molecule has 604 valence electrons. The van der Waals surface area contributed by atoms with Gasteiger partial charge in [0, 0.05) is 44.9 Å². The summed E-state index contributed by atoms with van der Waals surface area (Å²) in [5, 5.41) is 3.76. The van der Waals surface area contributed by atoms with Crippen LogP contribution in [-0.2, 0) is 10.8 Å². The number of rotatable bonds is 20. The van der Waals surface area contributed by atoms with E-state index in [1.54, 1.807) is 24.3 Å². The molecule has 22 rings (SSSR count). The fraction of sp³-hybridized carbons (Fsp3) is 0.0169. The van der Waals surface area contributed by atoms with E-state index in [0.29, 0.717) is 28.6 Å². The highest BCUT2D eigenvalue weighted by molar-refractivity contribution is 6.12. The molecule has 2 aliphatic rings. The van der Waals surface area contributed by atoms with Crippen LogP contribution in [0.5, 0.6) is 23.0 Å². The standard InChI is InChI=1S/C118H76F4N2O3/c1-3-75-19-56-101(57-20-75)125-103-60-36-89(37-61-103)117(87-32-44-93(121)45-33-87)111-17-7-5-15-105(111)107-64-53-99(73-113(107)117)123(95-48-27-79(28-49-95)83-13-9-11-81(67-83)77-23-40-91(119)41-24-77)97-52-31-85-71-116-109(70-86(85)69-97)110-72-98(55-66-115(110)127-116)124(96-50-29-80(30-51-96)84-14-10-12-82(68-84)78-25-42-92(120)43-26-78)100-54-65-108-106-16-6-8-18-112(106)118(114(108)74-100,88-34-46-94(122)47-35-88)90-38-62-104(63-39-90)126-102-58-21-76(4-2)22-59-102/h3-74H,1-2H2. The van der Waals surface area contributed by atoms with Crippen molar-refractivity contribution in [1.82, 2.24) is 0 Å².